The molecule has 160 valence electrons. The molecule has 0 atom stereocenters. The largest absolute Gasteiger partial charge is 0.465 e. The fourth-order valence-corrected chi connectivity index (χ4v) is 3.70. The van der Waals surface area contributed by atoms with E-state index in [0.29, 0.717) is 14.9 Å². The maximum Gasteiger partial charge on any atom is 0.340 e. The van der Waals surface area contributed by atoms with Crippen LogP contribution in [-0.2, 0) is 9.53 Å². The molecule has 1 aromatic carbocycles. The number of nitrogens with one attached hydrogen (secondary N) is 2. The number of hydrogen-bond acceptors (Lipinski definition) is 6. The molecule has 0 aliphatic carbocycles. The van der Waals surface area contributed by atoms with E-state index in [2.05, 4.69) is 10.6 Å². The number of thiophene rings is 1. The first-order valence-corrected chi connectivity index (χ1v) is 10.3. The summed E-state index contributed by atoms with van der Waals surface area (Å²) in [5.41, 5.74) is 0.519. The second-order valence-electron chi connectivity index (χ2n) is 6.29. The normalized spacial score (nSPS) is 10.4. The van der Waals surface area contributed by atoms with Gasteiger partial charge in [-0.25, -0.2) is 4.79 Å². The standard InChI is InChI=1S/C21H18ClN3O5S/c1-30-21(29)14-12-13(25-11-3-2-4-19(25)27)5-6-15(14)24-18(26)9-10-23-20(28)16-7-8-17(22)31-16/h2-8,11-12H,9-10H2,1H3,(H,23,28)(H,24,26). The summed E-state index contributed by atoms with van der Waals surface area (Å²) in [5, 5.41) is 5.28. The SMILES string of the molecule is COC(=O)c1cc(-n2ccccc2=O)ccc1NC(=O)CCNC(=O)c1ccc(Cl)s1. The van der Waals surface area contributed by atoms with Crippen molar-refractivity contribution in [1.82, 2.24) is 9.88 Å². The Morgan fingerprint density at radius 2 is 1.94 bits per heavy atom. The van der Waals surface area contributed by atoms with Crippen LogP contribution in [0.4, 0.5) is 5.69 Å². The highest BCUT2D eigenvalue weighted by molar-refractivity contribution is 7.18. The third-order valence-electron chi connectivity index (χ3n) is 4.22. The third kappa shape index (κ3) is 5.59. The number of halogens is 1. The van der Waals surface area contributed by atoms with Gasteiger partial charge in [0.25, 0.3) is 11.5 Å². The van der Waals surface area contributed by atoms with Crippen molar-refractivity contribution in [2.24, 2.45) is 0 Å². The van der Waals surface area contributed by atoms with Crippen LogP contribution in [0.25, 0.3) is 5.69 Å². The summed E-state index contributed by atoms with van der Waals surface area (Å²) in [5.74, 6) is -1.39. The Morgan fingerprint density at radius 1 is 1.13 bits per heavy atom. The summed E-state index contributed by atoms with van der Waals surface area (Å²) in [6.45, 7) is 0.102. The molecule has 0 bridgehead atoms. The highest BCUT2D eigenvalue weighted by atomic mass is 35.5. The predicted molar refractivity (Wildman–Crippen MR) is 118 cm³/mol. The van der Waals surface area contributed by atoms with Crippen LogP contribution in [0.5, 0.6) is 0 Å². The average molecular weight is 460 g/mol. The van der Waals surface area contributed by atoms with Crippen molar-refractivity contribution in [3.63, 3.8) is 0 Å². The summed E-state index contributed by atoms with van der Waals surface area (Å²) in [4.78, 5) is 49.0. The van der Waals surface area contributed by atoms with E-state index in [-0.39, 0.29) is 35.7 Å². The first-order chi connectivity index (χ1) is 14.9. The lowest BCUT2D eigenvalue weighted by Crippen LogP contribution is -2.27. The smallest absolute Gasteiger partial charge is 0.340 e. The number of benzene rings is 1. The second-order valence-corrected chi connectivity index (χ2v) is 8.00. The van der Waals surface area contributed by atoms with Gasteiger partial charge in [0.2, 0.25) is 5.91 Å². The Labute approximate surface area is 186 Å². The van der Waals surface area contributed by atoms with Crippen LogP contribution in [0.2, 0.25) is 4.34 Å². The number of esters is 1. The molecule has 0 saturated carbocycles. The molecule has 0 spiro atoms. The minimum atomic E-state index is -0.663. The number of ether oxygens (including phenoxy) is 1. The number of anilines is 1. The lowest BCUT2D eigenvalue weighted by Gasteiger charge is -2.13. The van der Waals surface area contributed by atoms with Gasteiger partial charge in [-0.2, -0.15) is 0 Å². The zero-order chi connectivity index (χ0) is 22.4. The van der Waals surface area contributed by atoms with Crippen LogP contribution in [0.1, 0.15) is 26.5 Å². The number of carbonyl (C=O) groups excluding carboxylic acids is 3. The maximum absolute atomic E-state index is 12.3. The molecule has 3 aromatic rings. The van der Waals surface area contributed by atoms with Crippen LogP contribution < -0.4 is 16.2 Å². The molecule has 2 amide bonds. The summed E-state index contributed by atoms with van der Waals surface area (Å²) in [6.07, 6.45) is 1.56. The number of aromatic nitrogens is 1. The molecule has 2 aromatic heterocycles. The van der Waals surface area contributed by atoms with E-state index in [1.165, 1.54) is 29.9 Å². The fourth-order valence-electron chi connectivity index (χ4n) is 2.74. The monoisotopic (exact) mass is 459 g/mol. The number of pyridine rings is 1. The molecule has 0 aliphatic rings. The minimum Gasteiger partial charge on any atom is -0.465 e. The highest BCUT2D eigenvalue weighted by Crippen LogP contribution is 2.22. The fraction of sp³-hybridized carbons (Fsp3) is 0.143. The van der Waals surface area contributed by atoms with Gasteiger partial charge in [0, 0.05) is 30.9 Å². The van der Waals surface area contributed by atoms with E-state index in [1.54, 1.807) is 36.5 Å². The molecule has 0 radical (unpaired) electrons. The first-order valence-electron chi connectivity index (χ1n) is 9.13. The number of hydrogen-bond donors (Lipinski definition) is 2. The lowest BCUT2D eigenvalue weighted by atomic mass is 10.1. The van der Waals surface area contributed by atoms with E-state index >= 15 is 0 Å². The molecule has 2 N–H and O–H groups in total. The number of rotatable bonds is 7. The van der Waals surface area contributed by atoms with Crippen LogP contribution >= 0.6 is 22.9 Å². The van der Waals surface area contributed by atoms with Crippen molar-refractivity contribution < 1.29 is 19.1 Å². The van der Waals surface area contributed by atoms with Crippen molar-refractivity contribution in [3.8, 4) is 5.69 Å². The van der Waals surface area contributed by atoms with Crippen LogP contribution in [0.3, 0.4) is 0 Å². The van der Waals surface area contributed by atoms with Crippen molar-refractivity contribution in [3.05, 3.63) is 79.9 Å². The van der Waals surface area contributed by atoms with Gasteiger partial charge in [-0.1, -0.05) is 17.7 Å². The summed E-state index contributed by atoms with van der Waals surface area (Å²) < 4.78 is 6.66. The van der Waals surface area contributed by atoms with Gasteiger partial charge < -0.3 is 15.4 Å². The summed E-state index contributed by atoms with van der Waals surface area (Å²) in [7, 11) is 1.22. The molecule has 0 unspecified atom stereocenters. The van der Waals surface area contributed by atoms with Gasteiger partial charge in [-0.05, 0) is 36.4 Å². The van der Waals surface area contributed by atoms with Gasteiger partial charge in [0.15, 0.2) is 0 Å². The van der Waals surface area contributed by atoms with Gasteiger partial charge in [-0.3, -0.25) is 19.0 Å². The average Bonchev–Trinajstić information content (AvgIpc) is 3.20. The molecular formula is C21H18ClN3O5S. The molecule has 3 rings (SSSR count). The number of carbonyl (C=O) groups is 3. The van der Waals surface area contributed by atoms with Crippen molar-refractivity contribution >= 4 is 46.4 Å². The summed E-state index contributed by atoms with van der Waals surface area (Å²) in [6, 6.07) is 12.5. The quantitative estimate of drug-likeness (QED) is 0.528. The number of methoxy groups -OCH3 is 1. The third-order valence-corrected chi connectivity index (χ3v) is 5.45. The predicted octanol–water partition coefficient (Wildman–Crippen LogP) is 3.10. The Bertz CT molecular complexity index is 1190. The van der Waals surface area contributed by atoms with E-state index in [1.807, 2.05) is 0 Å². The van der Waals surface area contributed by atoms with Crippen molar-refractivity contribution in [2.75, 3.05) is 19.0 Å². The Balaban J connectivity index is 1.69. The zero-order valence-corrected chi connectivity index (χ0v) is 18.0. The minimum absolute atomic E-state index is 0.00858. The molecule has 0 saturated heterocycles. The second kappa shape index (κ2) is 10.1. The molecule has 0 aliphatic heterocycles. The molecular weight excluding hydrogens is 442 g/mol. The van der Waals surface area contributed by atoms with E-state index < -0.39 is 11.9 Å². The van der Waals surface area contributed by atoms with Crippen molar-refractivity contribution in [1.29, 1.82) is 0 Å². The van der Waals surface area contributed by atoms with Gasteiger partial charge >= 0.3 is 5.97 Å². The number of nitrogens with zero attached hydrogens (tertiary/aromatic N) is 1. The van der Waals surface area contributed by atoms with Crippen molar-refractivity contribution in [2.45, 2.75) is 6.42 Å². The Kier molecular flexibility index (Phi) is 7.22. The highest BCUT2D eigenvalue weighted by Gasteiger charge is 2.16. The molecule has 31 heavy (non-hydrogen) atoms. The van der Waals surface area contributed by atoms with E-state index in [9.17, 15) is 19.2 Å². The number of amides is 2. The van der Waals surface area contributed by atoms with Gasteiger partial charge in [0.1, 0.15) is 0 Å². The van der Waals surface area contributed by atoms with Gasteiger partial charge in [-0.15, -0.1) is 11.3 Å². The van der Waals surface area contributed by atoms with Gasteiger partial charge in [0.05, 0.1) is 27.6 Å². The molecule has 2 heterocycles. The summed E-state index contributed by atoms with van der Waals surface area (Å²) >= 11 is 6.95. The molecule has 0 fully saturated rings. The Hall–Kier alpha value is -3.43. The molecule has 8 nitrogen and oxygen atoms in total. The lowest BCUT2D eigenvalue weighted by molar-refractivity contribution is -0.116. The van der Waals surface area contributed by atoms with E-state index in [0.717, 1.165) is 11.3 Å². The van der Waals surface area contributed by atoms with E-state index in [4.69, 9.17) is 16.3 Å². The van der Waals surface area contributed by atoms with Crippen LogP contribution in [-0.4, -0.2) is 36.0 Å². The maximum atomic E-state index is 12.3. The zero-order valence-electron chi connectivity index (χ0n) is 16.4. The first kappa shape index (κ1) is 22.3. The molecule has 10 heteroatoms. The van der Waals surface area contributed by atoms with Crippen LogP contribution in [0.15, 0.2) is 59.5 Å². The Morgan fingerprint density at radius 3 is 2.61 bits per heavy atom. The van der Waals surface area contributed by atoms with Crippen LogP contribution in [0, 0.1) is 0 Å². The topological polar surface area (TPSA) is 106 Å².